The number of H-pyrrole nitrogens is 1. The second-order valence-corrected chi connectivity index (χ2v) is 7.09. The van der Waals surface area contributed by atoms with E-state index in [1.807, 2.05) is 24.5 Å². The highest BCUT2D eigenvalue weighted by Crippen LogP contribution is 2.37. The summed E-state index contributed by atoms with van der Waals surface area (Å²) in [6.07, 6.45) is 5.47. The molecule has 0 radical (unpaired) electrons. The molecule has 0 saturated heterocycles. The number of pyridine rings is 3. The van der Waals surface area contributed by atoms with Gasteiger partial charge in [0.1, 0.15) is 11.3 Å². The molecule has 0 aliphatic rings. The molecular weight excluding hydrogens is 346 g/mol. The summed E-state index contributed by atoms with van der Waals surface area (Å²) in [5.74, 6) is 0. The van der Waals surface area contributed by atoms with E-state index in [1.54, 1.807) is 6.20 Å². The summed E-state index contributed by atoms with van der Waals surface area (Å²) < 4.78 is 2.12. The van der Waals surface area contributed by atoms with Gasteiger partial charge in [0.25, 0.3) is 0 Å². The molecule has 0 aliphatic heterocycles. The molecule has 1 N–H and O–H groups in total. The molecule has 5 heterocycles. The number of fused-ring (bicyclic) bond motifs is 12. The van der Waals surface area contributed by atoms with Gasteiger partial charge in [0.15, 0.2) is 0 Å². The summed E-state index contributed by atoms with van der Waals surface area (Å²) in [6, 6.07) is 18.9. The number of benzene rings is 2. The second-order valence-electron chi connectivity index (χ2n) is 7.09. The van der Waals surface area contributed by atoms with Gasteiger partial charge in [0, 0.05) is 44.8 Å². The second kappa shape index (κ2) is 4.84. The third-order valence-electron chi connectivity index (χ3n) is 5.65. The van der Waals surface area contributed by atoms with E-state index in [1.165, 1.54) is 10.8 Å². The third kappa shape index (κ3) is 1.60. The Kier molecular flexibility index (Phi) is 2.44. The first-order chi connectivity index (χ1) is 13.9. The van der Waals surface area contributed by atoms with E-state index in [2.05, 4.69) is 56.8 Å². The van der Waals surface area contributed by atoms with Crippen LogP contribution < -0.4 is 0 Å². The summed E-state index contributed by atoms with van der Waals surface area (Å²) in [6.45, 7) is 0. The fourth-order valence-electron chi connectivity index (χ4n) is 4.47. The molecule has 5 nitrogen and oxygen atoms in total. The van der Waals surface area contributed by atoms with Crippen LogP contribution in [0.1, 0.15) is 0 Å². The standard InChI is InChI=1S/C23H13N5/c1-2-6-17-13(4-1)14-7-8-16-20(21(14)26-17)15-5-3-10-25-22(15)28-19-12-24-11-9-18(19)27-23(16)28/h1-12,26H. The molecule has 0 fully saturated rings. The molecule has 0 bridgehead atoms. The highest BCUT2D eigenvalue weighted by molar-refractivity contribution is 6.26. The minimum absolute atomic E-state index is 0.895. The van der Waals surface area contributed by atoms with Gasteiger partial charge in [0.2, 0.25) is 0 Å². The summed E-state index contributed by atoms with van der Waals surface area (Å²) in [5.41, 5.74) is 5.96. The van der Waals surface area contributed by atoms with Crippen LogP contribution in [0.5, 0.6) is 0 Å². The number of nitrogens with one attached hydrogen (secondary N) is 1. The molecule has 7 aromatic rings. The van der Waals surface area contributed by atoms with Crippen molar-refractivity contribution in [3.8, 4) is 0 Å². The molecular formula is C23H13N5. The van der Waals surface area contributed by atoms with Gasteiger partial charge in [-0.05, 0) is 30.3 Å². The zero-order valence-electron chi connectivity index (χ0n) is 14.7. The van der Waals surface area contributed by atoms with E-state index < -0.39 is 0 Å². The lowest BCUT2D eigenvalue weighted by Gasteiger charge is -2.09. The largest absolute Gasteiger partial charge is 0.354 e. The van der Waals surface area contributed by atoms with E-state index in [4.69, 9.17) is 9.97 Å². The van der Waals surface area contributed by atoms with Crippen LogP contribution in [-0.4, -0.2) is 24.3 Å². The van der Waals surface area contributed by atoms with Crippen LogP contribution in [-0.2, 0) is 0 Å². The van der Waals surface area contributed by atoms with Gasteiger partial charge >= 0.3 is 0 Å². The van der Waals surface area contributed by atoms with Crippen molar-refractivity contribution in [3.05, 3.63) is 73.2 Å². The molecule has 5 heteroatoms. The van der Waals surface area contributed by atoms with Crippen molar-refractivity contribution in [1.29, 1.82) is 0 Å². The van der Waals surface area contributed by atoms with Crippen LogP contribution in [0.4, 0.5) is 0 Å². The maximum absolute atomic E-state index is 4.92. The van der Waals surface area contributed by atoms with E-state index in [0.29, 0.717) is 0 Å². The van der Waals surface area contributed by atoms with Crippen molar-refractivity contribution in [1.82, 2.24) is 24.3 Å². The van der Waals surface area contributed by atoms with E-state index in [9.17, 15) is 0 Å². The molecule has 0 spiro atoms. The zero-order valence-corrected chi connectivity index (χ0v) is 14.7. The Morgan fingerprint density at radius 3 is 2.61 bits per heavy atom. The predicted molar refractivity (Wildman–Crippen MR) is 113 cm³/mol. The van der Waals surface area contributed by atoms with Crippen LogP contribution in [0, 0.1) is 0 Å². The van der Waals surface area contributed by atoms with Gasteiger partial charge in [-0.3, -0.25) is 9.38 Å². The monoisotopic (exact) mass is 359 g/mol. The van der Waals surface area contributed by atoms with Crippen molar-refractivity contribution in [2.75, 3.05) is 0 Å². The van der Waals surface area contributed by atoms with Gasteiger partial charge in [-0.2, -0.15) is 0 Å². The Morgan fingerprint density at radius 2 is 1.61 bits per heavy atom. The number of imidazole rings is 1. The first-order valence-corrected chi connectivity index (χ1v) is 9.22. The lowest BCUT2D eigenvalue weighted by molar-refractivity contribution is 1.22. The topological polar surface area (TPSA) is 58.9 Å². The zero-order chi connectivity index (χ0) is 18.2. The Bertz CT molecular complexity index is 1720. The van der Waals surface area contributed by atoms with Gasteiger partial charge < -0.3 is 4.98 Å². The molecule has 7 rings (SSSR count). The SMILES string of the molecule is c1ccc2c(c1)[nH]c1c2ccc2c1c1cccnc1n1c3cnccc3nc21. The van der Waals surface area contributed by atoms with Crippen LogP contribution in [0.3, 0.4) is 0 Å². The van der Waals surface area contributed by atoms with E-state index in [0.717, 1.165) is 49.5 Å². The van der Waals surface area contributed by atoms with Gasteiger partial charge in [-0.25, -0.2) is 9.97 Å². The Labute approximate surface area is 158 Å². The fourth-order valence-corrected chi connectivity index (χ4v) is 4.47. The van der Waals surface area contributed by atoms with Crippen molar-refractivity contribution in [2.45, 2.75) is 0 Å². The summed E-state index contributed by atoms with van der Waals surface area (Å²) >= 11 is 0. The first-order valence-electron chi connectivity index (χ1n) is 9.22. The van der Waals surface area contributed by atoms with Gasteiger partial charge in [-0.15, -0.1) is 0 Å². The van der Waals surface area contributed by atoms with Crippen LogP contribution >= 0.6 is 0 Å². The van der Waals surface area contributed by atoms with Crippen LogP contribution in [0.15, 0.2) is 73.2 Å². The number of rotatable bonds is 0. The maximum Gasteiger partial charge on any atom is 0.147 e. The van der Waals surface area contributed by atoms with E-state index >= 15 is 0 Å². The van der Waals surface area contributed by atoms with Crippen molar-refractivity contribution in [3.63, 3.8) is 0 Å². The quantitative estimate of drug-likeness (QED) is 0.378. The number of aromatic nitrogens is 5. The molecule has 28 heavy (non-hydrogen) atoms. The maximum atomic E-state index is 4.92. The van der Waals surface area contributed by atoms with Gasteiger partial charge in [0.05, 0.1) is 22.7 Å². The van der Waals surface area contributed by atoms with Crippen molar-refractivity contribution >= 4 is 60.3 Å². The number of aromatic amines is 1. The highest BCUT2D eigenvalue weighted by Gasteiger charge is 2.17. The summed E-state index contributed by atoms with van der Waals surface area (Å²) in [4.78, 5) is 17.6. The Balaban J connectivity index is 1.87. The molecule has 0 unspecified atom stereocenters. The molecule has 0 amide bonds. The number of nitrogens with zero attached hydrogens (tertiary/aromatic N) is 4. The summed E-state index contributed by atoms with van der Waals surface area (Å²) in [5, 5.41) is 5.82. The Morgan fingerprint density at radius 1 is 0.750 bits per heavy atom. The minimum atomic E-state index is 0.895. The lowest BCUT2D eigenvalue weighted by atomic mass is 10.0. The van der Waals surface area contributed by atoms with Crippen LogP contribution in [0.25, 0.3) is 60.3 Å². The smallest absolute Gasteiger partial charge is 0.147 e. The van der Waals surface area contributed by atoms with Crippen molar-refractivity contribution < 1.29 is 0 Å². The minimum Gasteiger partial charge on any atom is -0.354 e. The van der Waals surface area contributed by atoms with Gasteiger partial charge in [-0.1, -0.05) is 24.3 Å². The fraction of sp³-hybridized carbons (Fsp3) is 0. The molecule has 0 atom stereocenters. The lowest BCUT2D eigenvalue weighted by Crippen LogP contribution is -1.94. The molecule has 0 saturated carbocycles. The number of hydrogen-bond acceptors (Lipinski definition) is 3. The van der Waals surface area contributed by atoms with Crippen molar-refractivity contribution in [2.24, 2.45) is 0 Å². The molecule has 0 aliphatic carbocycles. The normalized spacial score (nSPS) is 12.3. The molecule has 5 aromatic heterocycles. The number of hydrogen-bond donors (Lipinski definition) is 1. The third-order valence-corrected chi connectivity index (χ3v) is 5.65. The predicted octanol–water partition coefficient (Wildman–Crippen LogP) is 5.22. The molecule has 130 valence electrons. The highest BCUT2D eigenvalue weighted by atomic mass is 15.1. The Hall–Kier alpha value is -3.99. The van der Waals surface area contributed by atoms with Crippen LogP contribution in [0.2, 0.25) is 0 Å². The average molecular weight is 359 g/mol. The number of para-hydroxylation sites is 1. The summed E-state index contributed by atoms with van der Waals surface area (Å²) in [7, 11) is 0. The van der Waals surface area contributed by atoms with E-state index in [-0.39, 0.29) is 0 Å². The first kappa shape index (κ1) is 14.1. The average Bonchev–Trinajstić information content (AvgIpc) is 3.32. The molecule has 2 aromatic carbocycles.